The average Bonchev–Trinajstić information content (AvgIpc) is 2.45. The molecule has 4 nitrogen and oxygen atoms in total. The number of aromatic nitrogens is 1. The highest BCUT2D eigenvalue weighted by molar-refractivity contribution is 6.41. The Morgan fingerprint density at radius 2 is 2.00 bits per heavy atom. The van der Waals surface area contributed by atoms with Gasteiger partial charge >= 0.3 is 0 Å². The third-order valence-corrected chi connectivity index (χ3v) is 3.53. The highest BCUT2D eigenvalue weighted by Crippen LogP contribution is 2.28. The van der Waals surface area contributed by atoms with E-state index in [0.717, 1.165) is 0 Å². The Hall–Kier alpha value is -1.49. The second-order valence-electron chi connectivity index (χ2n) is 4.03. The van der Waals surface area contributed by atoms with Crippen molar-refractivity contribution in [3.05, 3.63) is 51.2 Å². The van der Waals surface area contributed by atoms with Crippen LogP contribution in [0.5, 0.6) is 5.75 Å². The molecule has 1 aromatic carbocycles. The zero-order valence-corrected chi connectivity index (χ0v) is 13.3. The van der Waals surface area contributed by atoms with E-state index in [-0.39, 0.29) is 16.1 Å². The van der Waals surface area contributed by atoms with Crippen LogP contribution in [0.1, 0.15) is 17.3 Å². The number of nitrogens with zero attached hydrogens (tertiary/aromatic N) is 1. The molecule has 0 fully saturated rings. The van der Waals surface area contributed by atoms with Gasteiger partial charge in [0.1, 0.15) is 10.9 Å². The Bertz CT molecular complexity index is 677. The summed E-state index contributed by atoms with van der Waals surface area (Å²) >= 11 is 17.6. The molecule has 0 aliphatic heterocycles. The molecular formula is C14H11Cl3N2O2. The van der Waals surface area contributed by atoms with E-state index >= 15 is 0 Å². The number of ether oxygens (including phenoxy) is 1. The largest absolute Gasteiger partial charge is 0.492 e. The maximum Gasteiger partial charge on any atom is 0.257 e. The lowest BCUT2D eigenvalue weighted by Crippen LogP contribution is -2.12. The predicted molar refractivity (Wildman–Crippen MR) is 84.8 cm³/mol. The van der Waals surface area contributed by atoms with E-state index < -0.39 is 0 Å². The summed E-state index contributed by atoms with van der Waals surface area (Å²) in [5.74, 6) is 0.203. The summed E-state index contributed by atoms with van der Waals surface area (Å²) in [6, 6.07) is 6.44. The molecule has 110 valence electrons. The minimum Gasteiger partial charge on any atom is -0.492 e. The minimum atomic E-state index is -0.360. The van der Waals surface area contributed by atoms with Gasteiger partial charge < -0.3 is 10.1 Å². The van der Waals surface area contributed by atoms with E-state index in [1.807, 2.05) is 6.92 Å². The van der Waals surface area contributed by atoms with Gasteiger partial charge in [0.25, 0.3) is 5.91 Å². The van der Waals surface area contributed by atoms with Crippen LogP contribution in [-0.2, 0) is 0 Å². The molecule has 0 atom stereocenters. The zero-order valence-electron chi connectivity index (χ0n) is 11.0. The first kappa shape index (κ1) is 15.9. The molecule has 0 spiro atoms. The SMILES string of the molecule is CCOc1ccc(NC(=O)c2cnc(Cl)c(Cl)c2)cc1Cl. The van der Waals surface area contributed by atoms with Crippen LogP contribution in [0.4, 0.5) is 5.69 Å². The summed E-state index contributed by atoms with van der Waals surface area (Å²) in [5.41, 5.74) is 0.842. The molecular weight excluding hydrogens is 335 g/mol. The lowest BCUT2D eigenvalue weighted by atomic mass is 10.2. The third-order valence-electron chi connectivity index (χ3n) is 2.55. The number of pyridine rings is 1. The molecule has 1 heterocycles. The monoisotopic (exact) mass is 344 g/mol. The molecule has 1 N–H and O–H groups in total. The number of rotatable bonds is 4. The molecule has 0 saturated heterocycles. The van der Waals surface area contributed by atoms with E-state index in [9.17, 15) is 4.79 Å². The van der Waals surface area contributed by atoms with Gasteiger partial charge in [0.05, 0.1) is 22.2 Å². The van der Waals surface area contributed by atoms with Crippen molar-refractivity contribution in [3.8, 4) is 5.75 Å². The Kier molecular flexibility index (Phi) is 5.28. The van der Waals surface area contributed by atoms with E-state index in [1.54, 1.807) is 18.2 Å². The molecule has 0 unspecified atom stereocenters. The Morgan fingerprint density at radius 3 is 2.62 bits per heavy atom. The van der Waals surface area contributed by atoms with Gasteiger partial charge in [-0.1, -0.05) is 34.8 Å². The van der Waals surface area contributed by atoms with Crippen molar-refractivity contribution in [3.63, 3.8) is 0 Å². The summed E-state index contributed by atoms with van der Waals surface area (Å²) in [6.07, 6.45) is 1.35. The fourth-order valence-electron chi connectivity index (χ4n) is 1.60. The average molecular weight is 346 g/mol. The van der Waals surface area contributed by atoms with Gasteiger partial charge in [0.2, 0.25) is 0 Å². The van der Waals surface area contributed by atoms with Gasteiger partial charge in [-0.15, -0.1) is 0 Å². The van der Waals surface area contributed by atoms with Gasteiger partial charge in [-0.3, -0.25) is 4.79 Å². The van der Waals surface area contributed by atoms with Crippen molar-refractivity contribution in [1.82, 2.24) is 4.98 Å². The lowest BCUT2D eigenvalue weighted by Gasteiger charge is -2.09. The summed E-state index contributed by atoms with van der Waals surface area (Å²) < 4.78 is 5.32. The molecule has 2 rings (SSSR count). The van der Waals surface area contributed by atoms with Crippen molar-refractivity contribution < 1.29 is 9.53 Å². The number of nitrogens with one attached hydrogen (secondary N) is 1. The van der Waals surface area contributed by atoms with Gasteiger partial charge in [-0.2, -0.15) is 0 Å². The third kappa shape index (κ3) is 4.00. The van der Waals surface area contributed by atoms with Gasteiger partial charge in [-0.25, -0.2) is 4.98 Å². The molecule has 0 saturated carbocycles. The number of benzene rings is 1. The lowest BCUT2D eigenvalue weighted by molar-refractivity contribution is 0.102. The van der Waals surface area contributed by atoms with Gasteiger partial charge in [0.15, 0.2) is 0 Å². The van der Waals surface area contributed by atoms with Crippen molar-refractivity contribution in [1.29, 1.82) is 0 Å². The standard InChI is InChI=1S/C14H11Cl3N2O2/c1-2-21-12-4-3-9(6-10(12)15)19-14(20)8-5-11(16)13(17)18-7-8/h3-7H,2H2,1H3,(H,19,20). The topological polar surface area (TPSA) is 51.2 Å². The van der Waals surface area contributed by atoms with E-state index in [0.29, 0.717) is 28.6 Å². The van der Waals surface area contributed by atoms with E-state index in [4.69, 9.17) is 39.5 Å². The summed E-state index contributed by atoms with van der Waals surface area (Å²) in [7, 11) is 0. The normalized spacial score (nSPS) is 10.3. The summed E-state index contributed by atoms with van der Waals surface area (Å²) in [6.45, 7) is 2.38. The smallest absolute Gasteiger partial charge is 0.257 e. The number of carbonyl (C=O) groups is 1. The molecule has 21 heavy (non-hydrogen) atoms. The van der Waals surface area contributed by atoms with E-state index in [2.05, 4.69) is 10.3 Å². The number of amides is 1. The highest BCUT2D eigenvalue weighted by Gasteiger charge is 2.10. The highest BCUT2D eigenvalue weighted by atomic mass is 35.5. The first-order valence-electron chi connectivity index (χ1n) is 6.06. The summed E-state index contributed by atoms with van der Waals surface area (Å²) in [5, 5.41) is 3.48. The Morgan fingerprint density at radius 1 is 1.24 bits per heavy atom. The fraction of sp³-hybridized carbons (Fsp3) is 0.143. The second-order valence-corrected chi connectivity index (χ2v) is 5.20. The molecule has 0 bridgehead atoms. The Balaban J connectivity index is 2.15. The summed E-state index contributed by atoms with van der Waals surface area (Å²) in [4.78, 5) is 15.9. The number of hydrogen-bond acceptors (Lipinski definition) is 3. The molecule has 0 radical (unpaired) electrons. The van der Waals surface area contributed by atoms with Crippen molar-refractivity contribution in [2.75, 3.05) is 11.9 Å². The zero-order chi connectivity index (χ0) is 15.4. The number of carbonyl (C=O) groups excluding carboxylic acids is 1. The van der Waals surface area contributed by atoms with E-state index in [1.165, 1.54) is 12.3 Å². The molecule has 0 aliphatic carbocycles. The molecule has 0 aliphatic rings. The van der Waals surface area contributed by atoms with Gasteiger partial charge in [0, 0.05) is 11.9 Å². The quantitative estimate of drug-likeness (QED) is 0.818. The maximum atomic E-state index is 12.1. The first-order chi connectivity index (χ1) is 10.0. The van der Waals surface area contributed by atoms with Crippen molar-refractivity contribution in [2.24, 2.45) is 0 Å². The van der Waals surface area contributed by atoms with Gasteiger partial charge in [-0.05, 0) is 31.2 Å². The van der Waals surface area contributed by atoms with Crippen LogP contribution < -0.4 is 10.1 Å². The molecule has 1 amide bonds. The van der Waals surface area contributed by atoms with Crippen LogP contribution in [0.3, 0.4) is 0 Å². The second kappa shape index (κ2) is 6.98. The predicted octanol–water partition coefficient (Wildman–Crippen LogP) is 4.69. The number of halogens is 3. The number of hydrogen-bond donors (Lipinski definition) is 1. The maximum absolute atomic E-state index is 12.1. The molecule has 7 heteroatoms. The van der Waals surface area contributed by atoms with Crippen LogP contribution in [0.15, 0.2) is 30.5 Å². The first-order valence-corrected chi connectivity index (χ1v) is 7.19. The van der Waals surface area contributed by atoms with Crippen molar-refractivity contribution >= 4 is 46.4 Å². The van der Waals surface area contributed by atoms with Crippen LogP contribution in [0, 0.1) is 0 Å². The van der Waals surface area contributed by atoms with Crippen LogP contribution in [0.2, 0.25) is 15.2 Å². The molecule has 1 aromatic heterocycles. The Labute approximate surface area is 137 Å². The van der Waals surface area contributed by atoms with Crippen molar-refractivity contribution in [2.45, 2.75) is 6.92 Å². The fourth-order valence-corrected chi connectivity index (χ4v) is 2.10. The number of anilines is 1. The van der Waals surface area contributed by atoms with Crippen LogP contribution >= 0.6 is 34.8 Å². The van der Waals surface area contributed by atoms with Crippen LogP contribution in [0.25, 0.3) is 0 Å². The minimum absolute atomic E-state index is 0.150. The molecule has 2 aromatic rings. The van der Waals surface area contributed by atoms with Crippen LogP contribution in [-0.4, -0.2) is 17.5 Å².